The largest absolute Gasteiger partial charge is 0.487 e. The van der Waals surface area contributed by atoms with Crippen molar-refractivity contribution >= 4 is 16.9 Å². The Morgan fingerprint density at radius 3 is 2.63 bits per heavy atom. The Labute approximate surface area is 154 Å². The lowest BCUT2D eigenvalue weighted by Crippen LogP contribution is -2.06. The number of carbonyl (C=O) groups excluding carboxylic acids is 1. The predicted octanol–water partition coefficient (Wildman–Crippen LogP) is 2.68. The molecule has 134 valence electrons. The number of ether oxygens (including phenoxy) is 2. The van der Waals surface area contributed by atoms with Crippen LogP contribution in [0.5, 0.6) is 5.75 Å². The van der Waals surface area contributed by atoms with Gasteiger partial charge in [0.1, 0.15) is 12.4 Å². The van der Waals surface area contributed by atoms with E-state index in [1.807, 2.05) is 36.4 Å². The maximum atomic E-state index is 12.0. The quantitative estimate of drug-likeness (QED) is 0.527. The topological polar surface area (TPSA) is 103 Å². The average Bonchev–Trinajstić information content (AvgIpc) is 3.24. The van der Waals surface area contributed by atoms with Gasteiger partial charge in [-0.2, -0.15) is 0 Å². The van der Waals surface area contributed by atoms with E-state index in [2.05, 4.69) is 25.6 Å². The van der Waals surface area contributed by atoms with Crippen LogP contribution < -0.4 is 4.74 Å². The van der Waals surface area contributed by atoms with Gasteiger partial charge >= 0.3 is 5.97 Å². The molecule has 0 radical (unpaired) electrons. The van der Waals surface area contributed by atoms with Crippen LogP contribution in [0.15, 0.2) is 60.7 Å². The highest BCUT2D eigenvalue weighted by molar-refractivity contribution is 5.89. The molecule has 0 atom stereocenters. The first kappa shape index (κ1) is 16.6. The van der Waals surface area contributed by atoms with Crippen LogP contribution in [0.4, 0.5) is 0 Å². The van der Waals surface area contributed by atoms with E-state index in [1.165, 1.54) is 0 Å². The number of nitrogens with zero attached hydrogens (tertiary/aromatic N) is 4. The van der Waals surface area contributed by atoms with Crippen LogP contribution in [-0.2, 0) is 18.0 Å². The molecule has 4 aromatic rings. The van der Waals surface area contributed by atoms with Gasteiger partial charge in [0.05, 0.1) is 16.8 Å². The number of benzene rings is 2. The summed E-state index contributed by atoms with van der Waals surface area (Å²) in [6.45, 7) is 0.324. The highest BCUT2D eigenvalue weighted by Gasteiger charge is 2.09. The van der Waals surface area contributed by atoms with Gasteiger partial charge in [-0.3, -0.25) is 0 Å². The second-order valence-electron chi connectivity index (χ2n) is 5.73. The number of pyridine rings is 1. The average molecular weight is 361 g/mol. The fraction of sp³-hybridized carbons (Fsp3) is 0.105. The molecular formula is C19H15N5O3. The summed E-state index contributed by atoms with van der Waals surface area (Å²) in [6.07, 6.45) is 0. The Balaban J connectivity index is 1.34. The first-order chi connectivity index (χ1) is 13.3. The number of hydrogen-bond acceptors (Lipinski definition) is 7. The Morgan fingerprint density at radius 1 is 0.963 bits per heavy atom. The highest BCUT2D eigenvalue weighted by Crippen LogP contribution is 2.16. The van der Waals surface area contributed by atoms with Crippen LogP contribution in [0.2, 0.25) is 0 Å². The van der Waals surface area contributed by atoms with Gasteiger partial charge in [-0.25, -0.2) is 14.9 Å². The normalized spacial score (nSPS) is 10.7. The first-order valence-corrected chi connectivity index (χ1v) is 8.25. The van der Waals surface area contributed by atoms with Crippen molar-refractivity contribution in [2.75, 3.05) is 0 Å². The molecule has 8 heteroatoms. The van der Waals surface area contributed by atoms with Crippen molar-refractivity contribution in [1.82, 2.24) is 25.6 Å². The molecule has 2 aromatic heterocycles. The van der Waals surface area contributed by atoms with Gasteiger partial charge in [0.15, 0.2) is 12.4 Å². The third kappa shape index (κ3) is 4.06. The van der Waals surface area contributed by atoms with Crippen molar-refractivity contribution < 1.29 is 14.3 Å². The maximum absolute atomic E-state index is 12.0. The number of rotatable bonds is 6. The molecule has 0 fully saturated rings. The predicted molar refractivity (Wildman–Crippen MR) is 95.8 cm³/mol. The van der Waals surface area contributed by atoms with Crippen LogP contribution in [0, 0.1) is 0 Å². The number of fused-ring (bicyclic) bond motifs is 1. The smallest absolute Gasteiger partial charge is 0.338 e. The van der Waals surface area contributed by atoms with Crippen LogP contribution in [-0.4, -0.2) is 31.6 Å². The number of para-hydroxylation sites is 1. The van der Waals surface area contributed by atoms with Gasteiger partial charge in [0.25, 0.3) is 0 Å². The minimum atomic E-state index is -0.464. The maximum Gasteiger partial charge on any atom is 0.338 e. The second-order valence-corrected chi connectivity index (χ2v) is 5.73. The van der Waals surface area contributed by atoms with Crippen LogP contribution in [0.25, 0.3) is 10.9 Å². The SMILES string of the molecule is O=C(OCc1nnn[nH]1)c1ccc(OCc2ccc3ccccc3n2)cc1. The lowest BCUT2D eigenvalue weighted by atomic mass is 10.2. The summed E-state index contributed by atoms with van der Waals surface area (Å²) in [7, 11) is 0. The minimum Gasteiger partial charge on any atom is -0.487 e. The number of aromatic amines is 1. The van der Waals surface area contributed by atoms with Gasteiger partial charge < -0.3 is 9.47 Å². The van der Waals surface area contributed by atoms with Crippen molar-refractivity contribution in [3.05, 3.63) is 77.7 Å². The molecule has 1 N–H and O–H groups in total. The summed E-state index contributed by atoms with van der Waals surface area (Å²) in [5.41, 5.74) is 2.18. The first-order valence-electron chi connectivity index (χ1n) is 8.25. The second kappa shape index (κ2) is 7.61. The molecule has 0 aliphatic carbocycles. The number of tetrazole rings is 1. The molecular weight excluding hydrogens is 346 g/mol. The van der Waals surface area contributed by atoms with E-state index in [0.29, 0.717) is 23.7 Å². The summed E-state index contributed by atoms with van der Waals surface area (Å²) in [5, 5.41) is 14.1. The zero-order valence-corrected chi connectivity index (χ0v) is 14.2. The van der Waals surface area contributed by atoms with E-state index in [0.717, 1.165) is 16.6 Å². The van der Waals surface area contributed by atoms with Gasteiger partial charge in [-0.1, -0.05) is 24.3 Å². The molecule has 0 aliphatic heterocycles. The zero-order chi connectivity index (χ0) is 18.5. The van der Waals surface area contributed by atoms with Gasteiger partial charge in [0.2, 0.25) is 0 Å². The molecule has 2 heterocycles. The van der Waals surface area contributed by atoms with Crippen molar-refractivity contribution in [3.8, 4) is 5.75 Å². The number of aromatic nitrogens is 5. The number of hydrogen-bond donors (Lipinski definition) is 1. The Morgan fingerprint density at radius 2 is 1.81 bits per heavy atom. The molecule has 0 amide bonds. The van der Waals surface area contributed by atoms with E-state index in [1.54, 1.807) is 24.3 Å². The van der Waals surface area contributed by atoms with Crippen LogP contribution >= 0.6 is 0 Å². The molecule has 27 heavy (non-hydrogen) atoms. The Hall–Kier alpha value is -3.81. The number of carbonyl (C=O) groups is 1. The van der Waals surface area contributed by atoms with Crippen molar-refractivity contribution in [2.45, 2.75) is 13.2 Å². The Bertz CT molecular complexity index is 1050. The van der Waals surface area contributed by atoms with Gasteiger partial charge in [-0.05, 0) is 46.8 Å². The van der Waals surface area contributed by atoms with E-state index in [9.17, 15) is 4.79 Å². The zero-order valence-electron chi connectivity index (χ0n) is 14.2. The van der Waals surface area contributed by atoms with E-state index >= 15 is 0 Å². The molecule has 0 bridgehead atoms. The monoisotopic (exact) mass is 361 g/mol. The molecule has 8 nitrogen and oxygen atoms in total. The third-order valence-electron chi connectivity index (χ3n) is 3.86. The van der Waals surface area contributed by atoms with Crippen LogP contribution in [0.1, 0.15) is 21.9 Å². The lowest BCUT2D eigenvalue weighted by Gasteiger charge is -2.08. The highest BCUT2D eigenvalue weighted by atomic mass is 16.5. The van der Waals surface area contributed by atoms with E-state index < -0.39 is 5.97 Å². The Kier molecular flexibility index (Phi) is 4.69. The van der Waals surface area contributed by atoms with Crippen LogP contribution in [0.3, 0.4) is 0 Å². The van der Waals surface area contributed by atoms with Gasteiger partial charge in [0, 0.05) is 5.39 Å². The summed E-state index contributed by atoms with van der Waals surface area (Å²) in [4.78, 5) is 16.6. The number of esters is 1. The van der Waals surface area contributed by atoms with E-state index in [4.69, 9.17) is 9.47 Å². The summed E-state index contributed by atoms with van der Waals surface area (Å²) < 4.78 is 10.9. The summed E-state index contributed by atoms with van der Waals surface area (Å²) in [5.74, 6) is 0.557. The van der Waals surface area contributed by atoms with Crippen molar-refractivity contribution in [1.29, 1.82) is 0 Å². The third-order valence-corrected chi connectivity index (χ3v) is 3.86. The minimum absolute atomic E-state index is 0.0162. The molecule has 0 saturated heterocycles. The number of nitrogens with one attached hydrogen (secondary N) is 1. The lowest BCUT2D eigenvalue weighted by molar-refractivity contribution is 0.0462. The molecule has 4 rings (SSSR count). The molecule has 0 unspecified atom stereocenters. The molecule has 0 spiro atoms. The standard InChI is InChI=1S/C19H15N5O3/c25-19(27-12-18-21-23-24-22-18)14-6-9-16(10-7-14)26-11-15-8-5-13-3-1-2-4-17(13)20-15/h1-10H,11-12H2,(H,21,22,23,24). The van der Waals surface area contributed by atoms with Crippen molar-refractivity contribution in [3.63, 3.8) is 0 Å². The molecule has 0 saturated carbocycles. The molecule has 2 aromatic carbocycles. The number of H-pyrrole nitrogens is 1. The fourth-order valence-electron chi connectivity index (χ4n) is 2.49. The summed E-state index contributed by atoms with van der Waals surface area (Å²) >= 11 is 0. The van der Waals surface area contributed by atoms with Crippen molar-refractivity contribution in [2.24, 2.45) is 0 Å². The summed E-state index contributed by atoms with van der Waals surface area (Å²) in [6, 6.07) is 18.6. The fourth-order valence-corrected chi connectivity index (χ4v) is 2.49. The van der Waals surface area contributed by atoms with Gasteiger partial charge in [-0.15, -0.1) is 5.10 Å². The van der Waals surface area contributed by atoms with E-state index in [-0.39, 0.29) is 6.61 Å². The molecule has 0 aliphatic rings.